The van der Waals surface area contributed by atoms with Gasteiger partial charge in [0.15, 0.2) is 0 Å². The molecular formula is C13H20ClN3. The molecule has 1 atom stereocenters. The van der Waals surface area contributed by atoms with Gasteiger partial charge in [0.2, 0.25) is 5.95 Å². The molecule has 1 fully saturated rings. The van der Waals surface area contributed by atoms with Gasteiger partial charge in [0.05, 0.1) is 5.88 Å². The Balaban J connectivity index is 2.13. The molecule has 0 amide bonds. The van der Waals surface area contributed by atoms with E-state index in [-0.39, 0.29) is 0 Å². The summed E-state index contributed by atoms with van der Waals surface area (Å²) in [6.07, 6.45) is 5.65. The van der Waals surface area contributed by atoms with E-state index in [0.717, 1.165) is 36.2 Å². The van der Waals surface area contributed by atoms with Gasteiger partial charge in [0.25, 0.3) is 0 Å². The molecule has 1 unspecified atom stereocenters. The average Bonchev–Trinajstić information content (AvgIpc) is 2.54. The van der Waals surface area contributed by atoms with Crippen LogP contribution in [-0.2, 0) is 5.88 Å². The van der Waals surface area contributed by atoms with Crippen molar-refractivity contribution in [1.82, 2.24) is 9.97 Å². The van der Waals surface area contributed by atoms with Crippen LogP contribution in [0.3, 0.4) is 0 Å². The highest BCUT2D eigenvalue weighted by Gasteiger charge is 2.16. The topological polar surface area (TPSA) is 29.0 Å². The van der Waals surface area contributed by atoms with E-state index in [2.05, 4.69) is 21.8 Å². The van der Waals surface area contributed by atoms with E-state index in [4.69, 9.17) is 11.6 Å². The highest BCUT2D eigenvalue weighted by molar-refractivity contribution is 6.17. The predicted molar refractivity (Wildman–Crippen MR) is 71.6 cm³/mol. The standard InChI is InChI=1S/C13H20ClN3/c1-10-4-3-6-17(7-5-10)13-15-9-12(8-14)11(2)16-13/h9-10H,3-8H2,1-2H3. The molecule has 1 aromatic heterocycles. The van der Waals surface area contributed by atoms with Gasteiger partial charge in [-0.1, -0.05) is 6.92 Å². The highest BCUT2D eigenvalue weighted by atomic mass is 35.5. The summed E-state index contributed by atoms with van der Waals surface area (Å²) in [5.74, 6) is 2.18. The van der Waals surface area contributed by atoms with Crippen LogP contribution in [0.5, 0.6) is 0 Å². The fourth-order valence-electron chi connectivity index (χ4n) is 2.23. The first kappa shape index (κ1) is 12.6. The number of rotatable bonds is 2. The van der Waals surface area contributed by atoms with Crippen LogP contribution in [0.1, 0.15) is 37.4 Å². The largest absolute Gasteiger partial charge is 0.341 e. The third-order valence-corrected chi connectivity index (χ3v) is 3.80. The maximum absolute atomic E-state index is 5.82. The van der Waals surface area contributed by atoms with Gasteiger partial charge in [-0.05, 0) is 32.1 Å². The van der Waals surface area contributed by atoms with Gasteiger partial charge in [0.1, 0.15) is 0 Å². The smallest absolute Gasteiger partial charge is 0.225 e. The second-order valence-corrected chi connectivity index (χ2v) is 5.20. The number of nitrogens with zero attached hydrogens (tertiary/aromatic N) is 3. The molecule has 1 aliphatic heterocycles. The van der Waals surface area contributed by atoms with Crippen LogP contribution < -0.4 is 4.90 Å². The molecule has 0 radical (unpaired) electrons. The van der Waals surface area contributed by atoms with E-state index < -0.39 is 0 Å². The number of alkyl halides is 1. The van der Waals surface area contributed by atoms with Crippen LogP contribution in [-0.4, -0.2) is 23.1 Å². The average molecular weight is 254 g/mol. The van der Waals surface area contributed by atoms with Crippen molar-refractivity contribution in [1.29, 1.82) is 0 Å². The first-order valence-corrected chi connectivity index (χ1v) is 6.87. The first-order valence-electron chi connectivity index (χ1n) is 6.34. The zero-order chi connectivity index (χ0) is 12.3. The third-order valence-electron chi connectivity index (χ3n) is 3.51. The van der Waals surface area contributed by atoms with E-state index in [1.165, 1.54) is 19.3 Å². The molecule has 94 valence electrons. The van der Waals surface area contributed by atoms with Crippen molar-refractivity contribution in [2.45, 2.75) is 39.0 Å². The van der Waals surface area contributed by atoms with Gasteiger partial charge in [-0.2, -0.15) is 0 Å². The lowest BCUT2D eigenvalue weighted by molar-refractivity contribution is 0.521. The number of aryl methyl sites for hydroxylation is 1. The Morgan fingerprint density at radius 2 is 2.24 bits per heavy atom. The number of aromatic nitrogens is 2. The van der Waals surface area contributed by atoms with Gasteiger partial charge in [-0.3, -0.25) is 0 Å². The summed E-state index contributed by atoms with van der Waals surface area (Å²) in [7, 11) is 0. The van der Waals surface area contributed by atoms with Gasteiger partial charge in [-0.15, -0.1) is 11.6 Å². The Labute approximate surface area is 108 Å². The summed E-state index contributed by atoms with van der Waals surface area (Å²) >= 11 is 5.82. The third kappa shape index (κ3) is 3.09. The van der Waals surface area contributed by atoms with E-state index in [0.29, 0.717) is 5.88 Å². The molecule has 2 heterocycles. The quantitative estimate of drug-likeness (QED) is 0.759. The molecule has 1 saturated heterocycles. The van der Waals surface area contributed by atoms with E-state index in [9.17, 15) is 0 Å². The summed E-state index contributed by atoms with van der Waals surface area (Å²) < 4.78 is 0. The first-order chi connectivity index (χ1) is 8.20. The van der Waals surface area contributed by atoms with Crippen molar-refractivity contribution in [2.75, 3.05) is 18.0 Å². The van der Waals surface area contributed by atoms with Gasteiger partial charge in [-0.25, -0.2) is 9.97 Å². The van der Waals surface area contributed by atoms with Crippen molar-refractivity contribution < 1.29 is 0 Å². The summed E-state index contributed by atoms with van der Waals surface area (Å²) in [5, 5.41) is 0. The van der Waals surface area contributed by atoms with Crippen LogP contribution in [0, 0.1) is 12.8 Å². The van der Waals surface area contributed by atoms with Crippen LogP contribution in [0.2, 0.25) is 0 Å². The van der Waals surface area contributed by atoms with Crippen LogP contribution in [0.15, 0.2) is 6.20 Å². The van der Waals surface area contributed by atoms with Crippen molar-refractivity contribution in [3.8, 4) is 0 Å². The van der Waals surface area contributed by atoms with Crippen molar-refractivity contribution in [3.05, 3.63) is 17.5 Å². The minimum absolute atomic E-state index is 0.489. The van der Waals surface area contributed by atoms with Crippen LogP contribution in [0.25, 0.3) is 0 Å². The SMILES string of the molecule is Cc1nc(N2CCCC(C)CC2)ncc1CCl. The molecule has 1 aromatic rings. The number of hydrogen-bond donors (Lipinski definition) is 0. The minimum Gasteiger partial charge on any atom is -0.341 e. The molecule has 0 aromatic carbocycles. The summed E-state index contributed by atoms with van der Waals surface area (Å²) in [5.41, 5.74) is 2.03. The molecule has 0 N–H and O–H groups in total. The molecular weight excluding hydrogens is 234 g/mol. The van der Waals surface area contributed by atoms with E-state index in [1.54, 1.807) is 0 Å². The Bertz CT molecular complexity index is 381. The van der Waals surface area contributed by atoms with Crippen LogP contribution >= 0.6 is 11.6 Å². The molecule has 17 heavy (non-hydrogen) atoms. The van der Waals surface area contributed by atoms with Crippen molar-refractivity contribution in [2.24, 2.45) is 5.92 Å². The fourth-order valence-corrected chi connectivity index (χ4v) is 2.49. The zero-order valence-corrected chi connectivity index (χ0v) is 11.4. The predicted octanol–water partition coefficient (Wildman–Crippen LogP) is 3.15. The normalized spacial score (nSPS) is 21.4. The molecule has 0 saturated carbocycles. The molecule has 3 nitrogen and oxygen atoms in total. The fraction of sp³-hybridized carbons (Fsp3) is 0.692. The maximum Gasteiger partial charge on any atom is 0.225 e. The monoisotopic (exact) mass is 253 g/mol. The maximum atomic E-state index is 5.82. The Morgan fingerprint density at radius 1 is 1.41 bits per heavy atom. The lowest BCUT2D eigenvalue weighted by Gasteiger charge is -2.20. The Morgan fingerprint density at radius 3 is 2.94 bits per heavy atom. The van der Waals surface area contributed by atoms with E-state index >= 15 is 0 Å². The molecule has 1 aliphatic rings. The Hall–Kier alpha value is -0.830. The lowest BCUT2D eigenvalue weighted by Crippen LogP contribution is -2.26. The molecule has 2 rings (SSSR count). The second kappa shape index (κ2) is 5.67. The number of halogens is 1. The van der Waals surface area contributed by atoms with E-state index in [1.807, 2.05) is 13.1 Å². The molecule has 0 aliphatic carbocycles. The van der Waals surface area contributed by atoms with Crippen molar-refractivity contribution in [3.63, 3.8) is 0 Å². The van der Waals surface area contributed by atoms with Gasteiger partial charge < -0.3 is 4.90 Å². The molecule has 4 heteroatoms. The minimum atomic E-state index is 0.489. The molecule has 0 spiro atoms. The lowest BCUT2D eigenvalue weighted by atomic mass is 10.0. The summed E-state index contributed by atoms with van der Waals surface area (Å²) in [4.78, 5) is 11.3. The number of anilines is 1. The summed E-state index contributed by atoms with van der Waals surface area (Å²) in [6, 6.07) is 0. The van der Waals surface area contributed by atoms with Gasteiger partial charge in [0, 0.05) is 30.5 Å². The van der Waals surface area contributed by atoms with Gasteiger partial charge >= 0.3 is 0 Å². The second-order valence-electron chi connectivity index (χ2n) is 4.94. The zero-order valence-electron chi connectivity index (χ0n) is 10.6. The molecule has 0 bridgehead atoms. The van der Waals surface area contributed by atoms with Crippen LogP contribution in [0.4, 0.5) is 5.95 Å². The highest BCUT2D eigenvalue weighted by Crippen LogP contribution is 2.20. The summed E-state index contributed by atoms with van der Waals surface area (Å²) in [6.45, 7) is 6.47. The number of hydrogen-bond acceptors (Lipinski definition) is 3. The van der Waals surface area contributed by atoms with Crippen molar-refractivity contribution >= 4 is 17.5 Å². The Kier molecular flexibility index (Phi) is 4.21.